The van der Waals surface area contributed by atoms with Gasteiger partial charge in [-0.2, -0.15) is 13.2 Å². The number of hydrogen-bond acceptors (Lipinski definition) is 3. The van der Waals surface area contributed by atoms with Gasteiger partial charge in [-0.25, -0.2) is 4.99 Å². The van der Waals surface area contributed by atoms with E-state index >= 15 is 0 Å². The van der Waals surface area contributed by atoms with E-state index in [-0.39, 0.29) is 30.0 Å². The molecule has 1 atom stereocenters. The van der Waals surface area contributed by atoms with Crippen LogP contribution >= 0.6 is 24.0 Å². The summed E-state index contributed by atoms with van der Waals surface area (Å²) in [7, 11) is 0. The van der Waals surface area contributed by atoms with Gasteiger partial charge in [0.05, 0.1) is 12.1 Å². The minimum atomic E-state index is -4.31. The Morgan fingerprint density at radius 3 is 2.33 bits per heavy atom. The number of primary amides is 1. The maximum Gasteiger partial charge on any atom is 0.416 e. The third kappa shape index (κ3) is 8.18. The van der Waals surface area contributed by atoms with Gasteiger partial charge in [-0.15, -0.1) is 24.0 Å². The monoisotopic (exact) mass is 575 g/mol. The number of benzene rings is 2. The van der Waals surface area contributed by atoms with Gasteiger partial charge < -0.3 is 16.4 Å². The molecule has 4 N–H and O–H groups in total. The Morgan fingerprint density at radius 2 is 1.76 bits per heavy atom. The van der Waals surface area contributed by atoms with E-state index in [1.54, 1.807) is 24.3 Å². The Hall–Kier alpha value is -2.34. The fourth-order valence-corrected chi connectivity index (χ4v) is 3.61. The molecular formula is C23H29F3IN5O. The smallest absolute Gasteiger partial charge is 0.366 e. The van der Waals surface area contributed by atoms with E-state index in [0.29, 0.717) is 31.2 Å². The number of aliphatic imine (C=N–C) groups is 1. The average molecular weight is 575 g/mol. The number of nitrogens with one attached hydrogen (secondary N) is 2. The molecule has 1 saturated heterocycles. The molecule has 1 heterocycles. The Bertz CT molecular complexity index is 933. The number of rotatable bonds is 7. The molecule has 1 unspecified atom stereocenters. The Kier molecular flexibility index (Phi) is 9.96. The molecule has 2 aromatic rings. The molecule has 33 heavy (non-hydrogen) atoms. The molecule has 1 amide bonds. The molecule has 3 rings (SSSR count). The van der Waals surface area contributed by atoms with Crippen LogP contribution in [0.2, 0.25) is 0 Å². The Labute approximate surface area is 208 Å². The standard InChI is InChI=1S/C23H28F3N5O.HI/c1-2-28-22(29-13-16-3-7-18(8-4-16)21(27)32)30-20-11-12-31(15-20)14-17-5-9-19(10-6-17)23(24,25)26;/h3-10,20H,2,11-15H2,1H3,(H2,27,32)(H2,28,29,30);1H. The van der Waals surface area contributed by atoms with E-state index in [1.165, 1.54) is 0 Å². The first kappa shape index (κ1) is 26.9. The number of guanidine groups is 1. The number of alkyl halides is 3. The largest absolute Gasteiger partial charge is 0.416 e. The molecule has 0 bridgehead atoms. The van der Waals surface area contributed by atoms with Crippen molar-refractivity contribution in [3.05, 3.63) is 70.8 Å². The second-order valence-corrected chi connectivity index (χ2v) is 7.82. The molecule has 0 radical (unpaired) electrons. The van der Waals surface area contributed by atoms with Gasteiger partial charge in [-0.3, -0.25) is 9.69 Å². The van der Waals surface area contributed by atoms with Crippen LogP contribution in [-0.2, 0) is 19.3 Å². The zero-order chi connectivity index (χ0) is 23.1. The van der Waals surface area contributed by atoms with Gasteiger partial charge in [0.25, 0.3) is 0 Å². The van der Waals surface area contributed by atoms with Crippen LogP contribution in [0.25, 0.3) is 0 Å². The summed E-state index contributed by atoms with van der Waals surface area (Å²) < 4.78 is 38.2. The minimum absolute atomic E-state index is 0. The van der Waals surface area contributed by atoms with Crippen LogP contribution in [0, 0.1) is 0 Å². The lowest BCUT2D eigenvalue weighted by molar-refractivity contribution is -0.137. The number of amides is 1. The van der Waals surface area contributed by atoms with Crippen LogP contribution in [-0.4, -0.2) is 42.4 Å². The molecular weight excluding hydrogens is 546 g/mol. The zero-order valence-corrected chi connectivity index (χ0v) is 20.7. The number of nitrogens with two attached hydrogens (primary N) is 1. The summed E-state index contributed by atoms with van der Waals surface area (Å²) in [6, 6.07) is 12.6. The maximum absolute atomic E-state index is 12.7. The quantitative estimate of drug-likeness (QED) is 0.267. The van der Waals surface area contributed by atoms with Gasteiger partial charge in [0, 0.05) is 37.8 Å². The van der Waals surface area contributed by atoms with Crippen molar-refractivity contribution < 1.29 is 18.0 Å². The second kappa shape index (κ2) is 12.2. The van der Waals surface area contributed by atoms with E-state index < -0.39 is 17.6 Å². The lowest BCUT2D eigenvalue weighted by Gasteiger charge is -2.19. The highest BCUT2D eigenvalue weighted by molar-refractivity contribution is 14.0. The number of nitrogens with zero attached hydrogens (tertiary/aromatic N) is 2. The molecule has 0 saturated carbocycles. The zero-order valence-electron chi connectivity index (χ0n) is 18.4. The summed E-state index contributed by atoms with van der Waals surface area (Å²) in [4.78, 5) is 18.0. The summed E-state index contributed by atoms with van der Waals surface area (Å²) in [5.41, 5.74) is 6.92. The number of carbonyl (C=O) groups excluding carboxylic acids is 1. The summed E-state index contributed by atoms with van der Waals surface area (Å²) >= 11 is 0. The number of halogens is 4. The molecule has 0 aliphatic carbocycles. The van der Waals surface area contributed by atoms with Crippen LogP contribution in [0.1, 0.15) is 40.4 Å². The highest BCUT2D eigenvalue weighted by Crippen LogP contribution is 2.29. The summed E-state index contributed by atoms with van der Waals surface area (Å²) in [6.45, 7) is 5.40. The maximum atomic E-state index is 12.7. The molecule has 1 aliphatic rings. The predicted octanol–water partition coefficient (Wildman–Crippen LogP) is 3.75. The first-order valence-electron chi connectivity index (χ1n) is 10.6. The van der Waals surface area contributed by atoms with Crippen molar-refractivity contribution in [2.75, 3.05) is 19.6 Å². The lowest BCUT2D eigenvalue weighted by atomic mass is 10.1. The van der Waals surface area contributed by atoms with Gasteiger partial charge in [0.15, 0.2) is 5.96 Å². The van der Waals surface area contributed by atoms with Gasteiger partial charge in [-0.1, -0.05) is 24.3 Å². The summed E-state index contributed by atoms with van der Waals surface area (Å²) in [6.07, 6.45) is -3.40. The molecule has 0 spiro atoms. The summed E-state index contributed by atoms with van der Waals surface area (Å²) in [5, 5.41) is 6.67. The van der Waals surface area contributed by atoms with E-state index in [1.807, 2.05) is 19.1 Å². The van der Waals surface area contributed by atoms with Crippen molar-refractivity contribution >= 4 is 35.8 Å². The predicted molar refractivity (Wildman–Crippen MR) is 133 cm³/mol. The minimum Gasteiger partial charge on any atom is -0.366 e. The van der Waals surface area contributed by atoms with Crippen molar-refractivity contribution in [3.63, 3.8) is 0 Å². The molecule has 0 aromatic heterocycles. The van der Waals surface area contributed by atoms with Crippen molar-refractivity contribution in [2.24, 2.45) is 10.7 Å². The Morgan fingerprint density at radius 1 is 1.12 bits per heavy atom. The van der Waals surface area contributed by atoms with Crippen molar-refractivity contribution in [2.45, 2.75) is 38.7 Å². The third-order valence-electron chi connectivity index (χ3n) is 5.30. The van der Waals surface area contributed by atoms with Crippen LogP contribution in [0.4, 0.5) is 13.2 Å². The van der Waals surface area contributed by atoms with Gasteiger partial charge in [0.2, 0.25) is 5.91 Å². The molecule has 6 nitrogen and oxygen atoms in total. The Balaban J connectivity index is 0.00000385. The van der Waals surface area contributed by atoms with Gasteiger partial charge in [-0.05, 0) is 48.7 Å². The molecule has 1 fully saturated rings. The SMILES string of the molecule is CCNC(=NCc1ccc(C(N)=O)cc1)NC1CCN(Cc2ccc(C(F)(F)F)cc2)C1.I. The first-order chi connectivity index (χ1) is 15.2. The van der Waals surface area contributed by atoms with E-state index in [0.717, 1.165) is 42.8 Å². The number of likely N-dealkylation sites (tertiary alicyclic amines) is 1. The fourth-order valence-electron chi connectivity index (χ4n) is 3.61. The number of carbonyl (C=O) groups is 1. The van der Waals surface area contributed by atoms with E-state index in [2.05, 4.69) is 20.5 Å². The van der Waals surface area contributed by atoms with Crippen LogP contribution in [0.5, 0.6) is 0 Å². The van der Waals surface area contributed by atoms with E-state index in [9.17, 15) is 18.0 Å². The molecule has 2 aromatic carbocycles. The summed E-state index contributed by atoms with van der Waals surface area (Å²) in [5.74, 6) is 0.241. The van der Waals surface area contributed by atoms with Crippen molar-refractivity contribution in [3.8, 4) is 0 Å². The molecule has 180 valence electrons. The van der Waals surface area contributed by atoms with Crippen molar-refractivity contribution in [1.29, 1.82) is 0 Å². The molecule has 10 heteroatoms. The average Bonchev–Trinajstić information content (AvgIpc) is 3.19. The molecule has 1 aliphatic heterocycles. The second-order valence-electron chi connectivity index (χ2n) is 7.82. The van der Waals surface area contributed by atoms with Gasteiger partial charge in [0.1, 0.15) is 0 Å². The highest BCUT2D eigenvalue weighted by Gasteiger charge is 2.30. The normalized spacial score (nSPS) is 16.8. The van der Waals surface area contributed by atoms with Crippen LogP contribution in [0.15, 0.2) is 53.5 Å². The van der Waals surface area contributed by atoms with Crippen molar-refractivity contribution in [1.82, 2.24) is 15.5 Å². The van der Waals surface area contributed by atoms with Crippen LogP contribution < -0.4 is 16.4 Å². The fraction of sp³-hybridized carbons (Fsp3) is 0.391. The van der Waals surface area contributed by atoms with E-state index in [4.69, 9.17) is 5.73 Å². The first-order valence-corrected chi connectivity index (χ1v) is 10.6. The third-order valence-corrected chi connectivity index (χ3v) is 5.30. The number of hydrogen-bond donors (Lipinski definition) is 3. The highest BCUT2D eigenvalue weighted by atomic mass is 127. The lowest BCUT2D eigenvalue weighted by Crippen LogP contribution is -2.44. The topological polar surface area (TPSA) is 82.7 Å². The van der Waals surface area contributed by atoms with Gasteiger partial charge >= 0.3 is 6.18 Å². The van der Waals surface area contributed by atoms with Crippen LogP contribution in [0.3, 0.4) is 0 Å².